The Bertz CT molecular complexity index is 1580. The fourth-order valence-electron chi connectivity index (χ4n) is 6.25. The van der Waals surface area contributed by atoms with Crippen molar-refractivity contribution < 1.29 is 8.78 Å². The molecule has 166 valence electrons. The first kappa shape index (κ1) is 19.6. The minimum absolute atomic E-state index is 0.0138. The molecule has 0 saturated carbocycles. The van der Waals surface area contributed by atoms with Gasteiger partial charge in [0.15, 0.2) is 0 Å². The summed E-state index contributed by atoms with van der Waals surface area (Å²) in [6, 6.07) is 11.7. The van der Waals surface area contributed by atoms with Crippen LogP contribution < -0.4 is 0 Å². The van der Waals surface area contributed by atoms with Crippen LogP contribution in [0, 0.1) is 0 Å². The van der Waals surface area contributed by atoms with Gasteiger partial charge in [0.25, 0.3) is 0 Å². The number of allylic oxidation sites excluding steroid dienone is 9. The zero-order valence-corrected chi connectivity index (χ0v) is 20.0. The van der Waals surface area contributed by atoms with Crippen LogP contribution in [0.25, 0.3) is 37.9 Å². The first-order valence-electron chi connectivity index (χ1n) is 11.9. The number of thioether (sulfide) groups is 1. The molecule has 0 nitrogen and oxygen atoms in total. The first-order chi connectivity index (χ1) is 16.7. The first-order valence-corrected chi connectivity index (χ1v) is 13.6. The third-order valence-electron chi connectivity index (χ3n) is 7.90. The van der Waals surface area contributed by atoms with Gasteiger partial charge in [0.05, 0.1) is 0 Å². The van der Waals surface area contributed by atoms with Crippen LogP contribution in [0.5, 0.6) is 0 Å². The lowest BCUT2D eigenvalue weighted by Gasteiger charge is -2.14. The van der Waals surface area contributed by atoms with Crippen molar-refractivity contribution in [3.05, 3.63) is 98.8 Å². The minimum Gasteiger partial charge on any atom is -0.212 e. The smallest absolute Gasteiger partial charge is 0.100 e. The average molecular weight is 483 g/mol. The second kappa shape index (κ2) is 6.93. The van der Waals surface area contributed by atoms with E-state index in [1.54, 1.807) is 12.2 Å². The molecular weight excluding hydrogens is 462 g/mol. The van der Waals surface area contributed by atoms with Crippen molar-refractivity contribution in [2.24, 2.45) is 0 Å². The van der Waals surface area contributed by atoms with Crippen LogP contribution in [0.1, 0.15) is 52.9 Å². The van der Waals surface area contributed by atoms with E-state index in [-0.39, 0.29) is 11.7 Å². The highest BCUT2D eigenvalue weighted by molar-refractivity contribution is 8.03. The maximum Gasteiger partial charge on any atom is 0.100 e. The van der Waals surface area contributed by atoms with Gasteiger partial charge in [-0.1, -0.05) is 42.5 Å². The van der Waals surface area contributed by atoms with Gasteiger partial charge >= 0.3 is 0 Å². The Balaban J connectivity index is 1.23. The maximum atomic E-state index is 13.5. The van der Waals surface area contributed by atoms with Crippen LogP contribution in [0.4, 0.5) is 8.78 Å². The fourth-order valence-corrected chi connectivity index (χ4v) is 9.03. The summed E-state index contributed by atoms with van der Waals surface area (Å²) >= 11 is 3.81. The van der Waals surface area contributed by atoms with Gasteiger partial charge in [-0.15, -0.1) is 23.1 Å². The number of halogens is 2. The van der Waals surface area contributed by atoms with E-state index in [9.17, 15) is 8.78 Å². The molecule has 1 aliphatic heterocycles. The standard InChI is InChI=1S/C30H20F2S2/c31-17-5-1-15(2-6-17)25-13-23-19-9-12-22-28-20(10-11-21(27(19)28)29(23)33-25)24-14-26(34-30(22)24)16-3-7-18(32)8-4-16/h1,3,5,7,9-14,23,29H,2,4,6,8H2. The Labute approximate surface area is 205 Å². The summed E-state index contributed by atoms with van der Waals surface area (Å²) in [7, 11) is 0. The number of benzene rings is 2. The van der Waals surface area contributed by atoms with Gasteiger partial charge in [-0.2, -0.15) is 0 Å². The van der Waals surface area contributed by atoms with Crippen molar-refractivity contribution in [1.29, 1.82) is 0 Å². The van der Waals surface area contributed by atoms with Crippen molar-refractivity contribution >= 4 is 39.4 Å². The van der Waals surface area contributed by atoms with Gasteiger partial charge in [-0.05, 0) is 69.7 Å². The highest BCUT2D eigenvalue weighted by atomic mass is 32.2. The molecule has 3 aromatic rings. The quantitative estimate of drug-likeness (QED) is 0.274. The molecule has 0 N–H and O–H groups in total. The van der Waals surface area contributed by atoms with E-state index in [4.69, 9.17) is 0 Å². The summed E-state index contributed by atoms with van der Waals surface area (Å²) in [4.78, 5) is 3.95. The minimum atomic E-state index is -0.0227. The van der Waals surface area contributed by atoms with Gasteiger partial charge in [-0.25, -0.2) is 8.78 Å². The number of rotatable bonds is 2. The Morgan fingerprint density at radius 1 is 0.706 bits per heavy atom. The average Bonchev–Trinajstić information content (AvgIpc) is 3.59. The molecule has 0 fully saturated rings. The number of fused-ring (bicyclic) bond motifs is 6. The van der Waals surface area contributed by atoms with Crippen LogP contribution in [-0.2, 0) is 0 Å². The lowest BCUT2D eigenvalue weighted by molar-refractivity contribution is 0.584. The van der Waals surface area contributed by atoms with Crippen LogP contribution in [0.3, 0.4) is 0 Å². The van der Waals surface area contributed by atoms with E-state index < -0.39 is 0 Å². The molecule has 2 unspecified atom stereocenters. The Morgan fingerprint density at radius 2 is 1.44 bits per heavy atom. The normalized spacial score (nSPS) is 23.9. The van der Waals surface area contributed by atoms with Gasteiger partial charge < -0.3 is 0 Å². The summed E-state index contributed by atoms with van der Waals surface area (Å²) < 4.78 is 27.0. The molecule has 0 bridgehead atoms. The third kappa shape index (κ3) is 2.59. The molecule has 8 rings (SSSR count). The lowest BCUT2D eigenvalue weighted by atomic mass is 9.95. The molecule has 2 heterocycles. The maximum absolute atomic E-state index is 13.5. The predicted octanol–water partition coefficient (Wildman–Crippen LogP) is 9.92. The second-order valence-electron chi connectivity index (χ2n) is 9.71. The molecule has 0 saturated heterocycles. The molecule has 2 atom stereocenters. The molecule has 4 aliphatic carbocycles. The molecule has 1 aromatic heterocycles. The molecule has 0 radical (unpaired) electrons. The van der Waals surface area contributed by atoms with Gasteiger partial charge in [0, 0.05) is 49.8 Å². The highest BCUT2D eigenvalue weighted by Gasteiger charge is 2.41. The van der Waals surface area contributed by atoms with Crippen LogP contribution in [0.2, 0.25) is 0 Å². The summed E-state index contributed by atoms with van der Waals surface area (Å²) in [6.45, 7) is 0. The molecular formula is C30H20F2S2. The third-order valence-corrected chi connectivity index (χ3v) is 10.6. The second-order valence-corrected chi connectivity index (χ2v) is 11.9. The number of hydrogen-bond donors (Lipinski definition) is 0. The van der Waals surface area contributed by atoms with Crippen LogP contribution >= 0.6 is 23.1 Å². The number of hydrogen-bond acceptors (Lipinski definition) is 2. The zero-order valence-electron chi connectivity index (χ0n) is 18.3. The highest BCUT2D eigenvalue weighted by Crippen LogP contribution is 2.64. The van der Waals surface area contributed by atoms with Crippen molar-refractivity contribution in [3.63, 3.8) is 0 Å². The Morgan fingerprint density at radius 3 is 2.21 bits per heavy atom. The summed E-state index contributed by atoms with van der Waals surface area (Å²) in [6.07, 6.45) is 12.2. The van der Waals surface area contributed by atoms with E-state index in [1.807, 2.05) is 35.3 Å². The van der Waals surface area contributed by atoms with Crippen LogP contribution in [-0.4, -0.2) is 0 Å². The molecule has 0 spiro atoms. The fraction of sp³-hybridized carbons (Fsp3) is 0.200. The molecule has 4 heteroatoms. The van der Waals surface area contributed by atoms with E-state index in [0.29, 0.717) is 24.0 Å². The predicted molar refractivity (Wildman–Crippen MR) is 140 cm³/mol. The van der Waals surface area contributed by atoms with Crippen molar-refractivity contribution in [2.45, 2.75) is 36.9 Å². The van der Waals surface area contributed by atoms with Gasteiger partial charge in [-0.3, -0.25) is 0 Å². The van der Waals surface area contributed by atoms with E-state index in [0.717, 1.165) is 12.8 Å². The Hall–Kier alpha value is -2.69. The summed E-state index contributed by atoms with van der Waals surface area (Å²) in [5.74, 6) is 0.352. The van der Waals surface area contributed by atoms with E-state index in [2.05, 4.69) is 36.4 Å². The zero-order chi connectivity index (χ0) is 22.6. The number of thiophene rings is 1. The summed E-state index contributed by atoms with van der Waals surface area (Å²) in [5, 5.41) is 3.27. The molecule has 5 aliphatic rings. The van der Waals surface area contributed by atoms with Crippen molar-refractivity contribution in [3.8, 4) is 21.6 Å². The molecule has 0 amide bonds. The van der Waals surface area contributed by atoms with Crippen molar-refractivity contribution in [1.82, 2.24) is 0 Å². The molecule has 34 heavy (non-hydrogen) atoms. The van der Waals surface area contributed by atoms with E-state index in [1.165, 1.54) is 64.4 Å². The Kier molecular flexibility index (Phi) is 3.99. The van der Waals surface area contributed by atoms with Gasteiger partial charge in [0.1, 0.15) is 11.7 Å². The van der Waals surface area contributed by atoms with Crippen molar-refractivity contribution in [2.75, 3.05) is 0 Å². The lowest BCUT2D eigenvalue weighted by Crippen LogP contribution is -1.92. The summed E-state index contributed by atoms with van der Waals surface area (Å²) in [5.41, 5.74) is 9.43. The SMILES string of the molecule is FC1=CC=C(C2=CC3c4ccc5c6c(ccc(c46)C3S2)-c2cc(C3=CC=C(F)CC3)sc2-5)CC1. The largest absolute Gasteiger partial charge is 0.212 e. The molecule has 2 aromatic carbocycles. The monoisotopic (exact) mass is 482 g/mol. The van der Waals surface area contributed by atoms with E-state index >= 15 is 0 Å². The topological polar surface area (TPSA) is 0 Å². The van der Waals surface area contributed by atoms with Gasteiger partial charge in [0.2, 0.25) is 0 Å². The van der Waals surface area contributed by atoms with Crippen LogP contribution in [0.15, 0.2) is 82.8 Å².